The zero-order valence-electron chi connectivity index (χ0n) is 16.5. The lowest BCUT2D eigenvalue weighted by Gasteiger charge is -2.11. The van der Waals surface area contributed by atoms with Crippen molar-refractivity contribution in [2.45, 2.75) is 9.79 Å². The largest absolute Gasteiger partial charge is 0.493 e. The summed E-state index contributed by atoms with van der Waals surface area (Å²) in [5.74, 6) is -0.139. The van der Waals surface area contributed by atoms with E-state index in [1.807, 2.05) is 12.1 Å². The van der Waals surface area contributed by atoms with Gasteiger partial charge in [0.25, 0.3) is 5.69 Å². The predicted molar refractivity (Wildman–Crippen MR) is 119 cm³/mol. The van der Waals surface area contributed by atoms with Crippen LogP contribution < -0.4 is 8.92 Å². The number of ether oxygens (including phenoxy) is 1. The summed E-state index contributed by atoms with van der Waals surface area (Å²) in [5, 5.41) is 11.2. The predicted octanol–water partition coefficient (Wildman–Crippen LogP) is 4.70. The topological polar surface area (TPSA) is 113 Å². The number of ketones is 1. The van der Waals surface area contributed by atoms with Crippen LogP contribution in [0.1, 0.15) is 15.9 Å². The highest BCUT2D eigenvalue weighted by molar-refractivity contribution is 8.04. The van der Waals surface area contributed by atoms with Gasteiger partial charge in [-0.05, 0) is 42.0 Å². The van der Waals surface area contributed by atoms with Crippen LogP contribution in [0.5, 0.6) is 11.5 Å². The Hall–Kier alpha value is -3.63. The lowest BCUT2D eigenvalue weighted by atomic mass is 10.1. The summed E-state index contributed by atoms with van der Waals surface area (Å²) in [4.78, 5) is 23.8. The summed E-state index contributed by atoms with van der Waals surface area (Å²) in [5.41, 5.74) is 0.635. The number of rotatable bonds is 6. The molecule has 1 aliphatic heterocycles. The van der Waals surface area contributed by atoms with Crippen molar-refractivity contribution in [3.05, 3.63) is 92.9 Å². The molecule has 0 aromatic heterocycles. The maximum Gasteiger partial charge on any atom is 0.346 e. The number of fused-ring (bicyclic) bond motifs is 1. The number of allylic oxidation sites excluding steroid dienone is 1. The molecule has 3 aromatic carbocycles. The molecule has 0 atom stereocenters. The van der Waals surface area contributed by atoms with E-state index in [1.165, 1.54) is 43.1 Å². The molecule has 0 saturated carbocycles. The standard InChI is InChI=1S/C22H15NO7S2/c1-29-18-12-14(13-20-22(24)15-6-2-4-8-19(15)31-20)10-11-17(18)30-32(27,28)21-9-5-3-7-16(21)23(25)26/h2-13H,1H3/b20-13+. The number of para-hydroxylation sites is 1. The number of thioether (sulfide) groups is 1. The number of carbonyl (C=O) groups excluding carboxylic acids is 1. The van der Waals surface area contributed by atoms with E-state index in [-0.39, 0.29) is 17.3 Å². The van der Waals surface area contributed by atoms with Gasteiger partial charge < -0.3 is 8.92 Å². The van der Waals surface area contributed by atoms with Crippen molar-refractivity contribution in [1.29, 1.82) is 0 Å². The summed E-state index contributed by atoms with van der Waals surface area (Å²) in [6, 6.07) is 16.6. The van der Waals surface area contributed by atoms with Crippen molar-refractivity contribution in [1.82, 2.24) is 0 Å². The Morgan fingerprint density at radius 3 is 2.44 bits per heavy atom. The lowest BCUT2D eigenvalue weighted by Crippen LogP contribution is -2.12. The molecular formula is C22H15NO7S2. The molecule has 1 heterocycles. The average Bonchev–Trinajstić information content (AvgIpc) is 3.10. The van der Waals surface area contributed by atoms with Crippen LogP contribution in [0.15, 0.2) is 81.4 Å². The van der Waals surface area contributed by atoms with E-state index in [2.05, 4.69) is 0 Å². The number of Topliss-reactive ketones (excluding diaryl/α,β-unsaturated/α-hetero) is 1. The number of hydrogen-bond acceptors (Lipinski definition) is 8. The molecule has 0 fully saturated rings. The minimum atomic E-state index is -4.50. The maximum atomic E-state index is 12.7. The highest BCUT2D eigenvalue weighted by Gasteiger charge is 2.29. The minimum absolute atomic E-state index is 0.0921. The van der Waals surface area contributed by atoms with Gasteiger partial charge in [0, 0.05) is 16.5 Å². The number of nitro benzene ring substituents is 1. The Bertz CT molecular complexity index is 1380. The highest BCUT2D eigenvalue weighted by Crippen LogP contribution is 2.41. The minimum Gasteiger partial charge on any atom is -0.493 e. The fourth-order valence-electron chi connectivity index (χ4n) is 3.11. The molecule has 0 bridgehead atoms. The molecule has 0 saturated heterocycles. The third-order valence-corrected chi connectivity index (χ3v) is 6.97. The van der Waals surface area contributed by atoms with E-state index in [0.29, 0.717) is 16.0 Å². The molecule has 0 spiro atoms. The first-order chi connectivity index (χ1) is 15.3. The Morgan fingerprint density at radius 2 is 1.72 bits per heavy atom. The fourth-order valence-corrected chi connectivity index (χ4v) is 5.27. The third kappa shape index (κ3) is 4.10. The van der Waals surface area contributed by atoms with Crippen LogP contribution in [0.3, 0.4) is 0 Å². The van der Waals surface area contributed by atoms with E-state index < -0.39 is 25.6 Å². The van der Waals surface area contributed by atoms with Gasteiger partial charge in [-0.25, -0.2) is 0 Å². The first kappa shape index (κ1) is 21.6. The summed E-state index contributed by atoms with van der Waals surface area (Å²) in [7, 11) is -3.16. The zero-order chi connectivity index (χ0) is 22.9. The quantitative estimate of drug-likeness (QED) is 0.221. The van der Waals surface area contributed by atoms with Gasteiger partial charge in [-0.2, -0.15) is 8.42 Å². The molecule has 32 heavy (non-hydrogen) atoms. The van der Waals surface area contributed by atoms with Gasteiger partial charge in [0.1, 0.15) is 0 Å². The summed E-state index contributed by atoms with van der Waals surface area (Å²) < 4.78 is 35.8. The van der Waals surface area contributed by atoms with Crippen LogP contribution in [-0.4, -0.2) is 26.2 Å². The number of methoxy groups -OCH3 is 1. The second kappa shape index (κ2) is 8.48. The molecule has 162 valence electrons. The van der Waals surface area contributed by atoms with Gasteiger partial charge in [0.05, 0.1) is 16.9 Å². The normalized spacial score (nSPS) is 14.3. The van der Waals surface area contributed by atoms with Crippen LogP contribution in [0.25, 0.3) is 6.08 Å². The Balaban J connectivity index is 1.64. The second-order valence-corrected chi connectivity index (χ2v) is 9.21. The molecular weight excluding hydrogens is 454 g/mol. The Labute approximate surface area is 187 Å². The SMILES string of the molecule is COc1cc(/C=C2/Sc3ccccc3C2=O)ccc1OS(=O)(=O)c1ccccc1[N+](=O)[O-]. The maximum absolute atomic E-state index is 12.7. The van der Waals surface area contributed by atoms with Crippen molar-refractivity contribution in [2.24, 2.45) is 0 Å². The number of hydrogen-bond donors (Lipinski definition) is 0. The molecule has 0 amide bonds. The van der Waals surface area contributed by atoms with Gasteiger partial charge in [0.2, 0.25) is 5.78 Å². The molecule has 0 aliphatic carbocycles. The highest BCUT2D eigenvalue weighted by atomic mass is 32.2. The second-order valence-electron chi connectivity index (χ2n) is 6.61. The van der Waals surface area contributed by atoms with Crippen molar-refractivity contribution in [3.63, 3.8) is 0 Å². The van der Waals surface area contributed by atoms with E-state index in [1.54, 1.807) is 24.3 Å². The molecule has 0 N–H and O–H groups in total. The third-order valence-electron chi connectivity index (χ3n) is 4.59. The number of nitrogens with zero attached hydrogens (tertiary/aromatic N) is 1. The Kier molecular flexibility index (Phi) is 5.72. The van der Waals surface area contributed by atoms with E-state index in [9.17, 15) is 23.3 Å². The van der Waals surface area contributed by atoms with Crippen LogP contribution in [0.4, 0.5) is 5.69 Å². The van der Waals surface area contributed by atoms with E-state index in [0.717, 1.165) is 17.0 Å². The lowest BCUT2D eigenvalue weighted by molar-refractivity contribution is -0.387. The average molecular weight is 469 g/mol. The monoisotopic (exact) mass is 469 g/mol. The molecule has 3 aromatic rings. The molecule has 0 unspecified atom stereocenters. The first-order valence-electron chi connectivity index (χ1n) is 9.19. The van der Waals surface area contributed by atoms with Crippen molar-refractivity contribution < 1.29 is 27.1 Å². The van der Waals surface area contributed by atoms with Gasteiger partial charge in [-0.3, -0.25) is 14.9 Å². The molecule has 1 aliphatic rings. The van der Waals surface area contributed by atoms with Crippen molar-refractivity contribution >= 4 is 39.4 Å². The van der Waals surface area contributed by atoms with Crippen LogP contribution in [0.2, 0.25) is 0 Å². The van der Waals surface area contributed by atoms with Crippen molar-refractivity contribution in [2.75, 3.05) is 7.11 Å². The smallest absolute Gasteiger partial charge is 0.346 e. The zero-order valence-corrected chi connectivity index (χ0v) is 18.2. The Morgan fingerprint density at radius 1 is 1.00 bits per heavy atom. The van der Waals surface area contributed by atoms with E-state index in [4.69, 9.17) is 8.92 Å². The summed E-state index contributed by atoms with van der Waals surface area (Å²) in [6.07, 6.45) is 1.68. The van der Waals surface area contributed by atoms with Crippen LogP contribution in [-0.2, 0) is 10.1 Å². The number of nitro groups is 1. The first-order valence-corrected chi connectivity index (χ1v) is 11.4. The molecule has 10 heteroatoms. The molecule has 0 radical (unpaired) electrons. The van der Waals surface area contributed by atoms with Crippen LogP contribution >= 0.6 is 11.8 Å². The van der Waals surface area contributed by atoms with Crippen molar-refractivity contribution in [3.8, 4) is 11.5 Å². The van der Waals surface area contributed by atoms with E-state index >= 15 is 0 Å². The van der Waals surface area contributed by atoms with Gasteiger partial charge in [-0.15, -0.1) is 0 Å². The molecule has 8 nitrogen and oxygen atoms in total. The number of carbonyl (C=O) groups is 1. The summed E-state index contributed by atoms with van der Waals surface area (Å²) >= 11 is 1.35. The summed E-state index contributed by atoms with van der Waals surface area (Å²) in [6.45, 7) is 0. The fraction of sp³-hybridized carbons (Fsp3) is 0.0455. The molecule has 4 rings (SSSR count). The van der Waals surface area contributed by atoms with Crippen LogP contribution in [0, 0.1) is 10.1 Å². The number of benzene rings is 3. The van der Waals surface area contributed by atoms with Gasteiger partial charge in [-0.1, -0.05) is 42.1 Å². The van der Waals surface area contributed by atoms with Gasteiger partial charge in [0.15, 0.2) is 16.4 Å². The van der Waals surface area contributed by atoms with Gasteiger partial charge >= 0.3 is 10.1 Å².